The highest BCUT2D eigenvalue weighted by atomic mass is 79.9. The molecule has 6 heteroatoms. The van der Waals surface area contributed by atoms with Gasteiger partial charge in [-0.25, -0.2) is 0 Å². The van der Waals surface area contributed by atoms with Crippen molar-refractivity contribution in [3.05, 3.63) is 26.7 Å². The highest BCUT2D eigenvalue weighted by Crippen LogP contribution is 2.39. The van der Waals surface area contributed by atoms with Crippen LogP contribution >= 0.6 is 27.5 Å². The van der Waals surface area contributed by atoms with Gasteiger partial charge in [0.2, 0.25) is 0 Å². The fraction of sp³-hybridized carbons (Fsp3) is 0.500. The summed E-state index contributed by atoms with van der Waals surface area (Å²) in [7, 11) is 2.06. The Kier molecular flexibility index (Phi) is 3.69. The van der Waals surface area contributed by atoms with Gasteiger partial charge >= 0.3 is 0 Å². The zero-order chi connectivity index (χ0) is 14.4. The van der Waals surface area contributed by atoms with E-state index >= 15 is 0 Å². The van der Waals surface area contributed by atoms with Gasteiger partial charge in [0.15, 0.2) is 5.75 Å². The van der Waals surface area contributed by atoms with E-state index in [4.69, 9.17) is 16.3 Å². The minimum absolute atomic E-state index is 0.0122. The second-order valence-corrected chi connectivity index (χ2v) is 6.63. The van der Waals surface area contributed by atoms with Crippen LogP contribution in [-0.4, -0.2) is 55.0 Å². The van der Waals surface area contributed by atoms with Crippen LogP contribution in [0.15, 0.2) is 10.5 Å². The van der Waals surface area contributed by atoms with Gasteiger partial charge in [0.05, 0.1) is 16.6 Å². The van der Waals surface area contributed by atoms with Crippen molar-refractivity contribution in [3.8, 4) is 5.75 Å². The summed E-state index contributed by atoms with van der Waals surface area (Å²) < 4.78 is 6.70. The summed E-state index contributed by atoms with van der Waals surface area (Å²) in [6, 6.07) is 1.91. The Hall–Kier alpha value is -0.780. The van der Waals surface area contributed by atoms with Crippen molar-refractivity contribution >= 4 is 33.4 Å². The summed E-state index contributed by atoms with van der Waals surface area (Å²) in [4.78, 5) is 16.9. The fourth-order valence-electron chi connectivity index (χ4n) is 2.75. The number of hydrogen-bond donors (Lipinski definition) is 0. The number of rotatable bonds is 0. The average Bonchev–Trinajstić information content (AvgIpc) is 2.55. The topological polar surface area (TPSA) is 32.8 Å². The molecule has 108 valence electrons. The molecule has 0 N–H and O–H groups in total. The maximum atomic E-state index is 12.7. The number of carbonyl (C=O) groups is 1. The number of halogens is 2. The maximum Gasteiger partial charge on any atom is 0.258 e. The monoisotopic (exact) mass is 358 g/mol. The van der Waals surface area contributed by atoms with Crippen LogP contribution in [0.4, 0.5) is 0 Å². The van der Waals surface area contributed by atoms with E-state index in [1.807, 2.05) is 17.9 Å². The Bertz CT molecular complexity index is 579. The lowest BCUT2D eigenvalue weighted by Crippen LogP contribution is -2.55. The van der Waals surface area contributed by atoms with Gasteiger partial charge in [-0.05, 0) is 25.6 Å². The number of carbonyl (C=O) groups excluding carboxylic acids is 1. The van der Waals surface area contributed by atoms with Gasteiger partial charge in [-0.2, -0.15) is 0 Å². The first-order valence-corrected chi connectivity index (χ1v) is 7.77. The molecular formula is C14H16BrClN2O2. The zero-order valence-corrected chi connectivity index (χ0v) is 13.8. The van der Waals surface area contributed by atoms with Gasteiger partial charge in [0, 0.05) is 24.1 Å². The van der Waals surface area contributed by atoms with Gasteiger partial charge in [-0.3, -0.25) is 4.79 Å². The number of fused-ring (bicyclic) bond motifs is 2. The van der Waals surface area contributed by atoms with Crippen molar-refractivity contribution in [1.82, 2.24) is 9.80 Å². The summed E-state index contributed by atoms with van der Waals surface area (Å²) in [5, 5.41) is 0.524. The molecule has 2 aliphatic heterocycles. The van der Waals surface area contributed by atoms with E-state index in [0.29, 0.717) is 22.9 Å². The lowest BCUT2D eigenvalue weighted by Gasteiger charge is -2.38. The number of piperazine rings is 1. The number of ether oxygens (including phenoxy) is 1. The van der Waals surface area contributed by atoms with E-state index in [9.17, 15) is 4.79 Å². The van der Waals surface area contributed by atoms with Gasteiger partial charge in [-0.15, -0.1) is 0 Å². The molecule has 0 bridgehead atoms. The molecule has 1 fully saturated rings. The molecule has 2 heterocycles. The summed E-state index contributed by atoms with van der Waals surface area (Å²) >= 11 is 9.80. The molecule has 1 atom stereocenters. The molecule has 3 rings (SSSR count). The largest absolute Gasteiger partial charge is 0.489 e. The van der Waals surface area contributed by atoms with E-state index in [1.54, 1.807) is 0 Å². The molecule has 4 nitrogen and oxygen atoms in total. The number of likely N-dealkylation sites (N-methyl/N-ethyl adjacent to an activating group) is 1. The van der Waals surface area contributed by atoms with Crippen LogP contribution < -0.4 is 4.74 Å². The van der Waals surface area contributed by atoms with Gasteiger partial charge in [0.25, 0.3) is 5.91 Å². The molecular weight excluding hydrogens is 344 g/mol. The maximum absolute atomic E-state index is 12.7. The van der Waals surface area contributed by atoms with Crippen LogP contribution in [0.1, 0.15) is 15.9 Å². The fourth-order valence-corrected chi connectivity index (χ4v) is 3.55. The third-order valence-electron chi connectivity index (χ3n) is 4.00. The Morgan fingerprint density at radius 2 is 2.20 bits per heavy atom. The van der Waals surface area contributed by atoms with Crippen LogP contribution in [-0.2, 0) is 0 Å². The second kappa shape index (κ2) is 5.20. The van der Waals surface area contributed by atoms with Crippen molar-refractivity contribution in [3.63, 3.8) is 0 Å². The molecule has 1 aromatic carbocycles. The van der Waals surface area contributed by atoms with Crippen molar-refractivity contribution in [2.24, 2.45) is 0 Å². The third-order valence-corrected chi connectivity index (χ3v) is 5.28. The Morgan fingerprint density at radius 3 is 2.95 bits per heavy atom. The molecule has 0 radical (unpaired) electrons. The number of hydrogen-bond acceptors (Lipinski definition) is 3. The van der Waals surface area contributed by atoms with Gasteiger partial charge in [-0.1, -0.05) is 27.5 Å². The van der Waals surface area contributed by atoms with Crippen LogP contribution in [0.25, 0.3) is 0 Å². The van der Waals surface area contributed by atoms with E-state index in [-0.39, 0.29) is 11.9 Å². The third kappa shape index (κ3) is 2.22. The quantitative estimate of drug-likeness (QED) is 0.714. The SMILES string of the molecule is Cc1c(Br)cc2c(c1Cl)OC[C@@H]1CN(C)CCN1C2=O. The highest BCUT2D eigenvalue weighted by Gasteiger charge is 2.35. The van der Waals surface area contributed by atoms with Crippen LogP contribution in [0.3, 0.4) is 0 Å². The number of amides is 1. The average molecular weight is 360 g/mol. The van der Waals surface area contributed by atoms with Gasteiger partial charge < -0.3 is 14.5 Å². The van der Waals surface area contributed by atoms with Crippen molar-refractivity contribution in [2.75, 3.05) is 33.3 Å². The summed E-state index contributed by atoms with van der Waals surface area (Å²) in [5.74, 6) is 0.535. The molecule has 0 spiro atoms. The molecule has 2 aliphatic rings. The minimum Gasteiger partial charge on any atom is -0.489 e. The Balaban J connectivity index is 2.06. The van der Waals surface area contributed by atoms with Crippen LogP contribution in [0.2, 0.25) is 5.02 Å². The van der Waals surface area contributed by atoms with E-state index in [1.165, 1.54) is 0 Å². The first-order chi connectivity index (χ1) is 9.49. The van der Waals surface area contributed by atoms with Crippen molar-refractivity contribution in [1.29, 1.82) is 0 Å². The first-order valence-electron chi connectivity index (χ1n) is 6.60. The molecule has 1 amide bonds. The molecule has 0 aliphatic carbocycles. The molecule has 0 unspecified atom stereocenters. The minimum atomic E-state index is 0.0122. The Labute approximate surface area is 131 Å². The lowest BCUT2D eigenvalue weighted by molar-refractivity contribution is 0.0442. The summed E-state index contributed by atoms with van der Waals surface area (Å²) in [6.07, 6.45) is 0. The lowest BCUT2D eigenvalue weighted by atomic mass is 10.1. The molecule has 1 aromatic rings. The molecule has 1 saturated heterocycles. The van der Waals surface area contributed by atoms with E-state index in [2.05, 4.69) is 27.9 Å². The number of nitrogens with zero attached hydrogens (tertiary/aromatic N) is 2. The summed E-state index contributed by atoms with van der Waals surface area (Å²) in [5.41, 5.74) is 1.45. The van der Waals surface area contributed by atoms with Crippen molar-refractivity contribution in [2.45, 2.75) is 13.0 Å². The standard InChI is InChI=1S/C14H16BrClN2O2/c1-8-11(15)5-10-13(12(8)16)20-7-9-6-17(2)3-4-18(9)14(10)19/h5,9H,3-4,6-7H2,1-2H3/t9-/m0/s1. The van der Waals surface area contributed by atoms with E-state index in [0.717, 1.165) is 29.7 Å². The molecule has 0 aromatic heterocycles. The normalized spacial score (nSPS) is 22.9. The predicted octanol–water partition coefficient (Wildman–Crippen LogP) is 2.56. The van der Waals surface area contributed by atoms with Crippen LogP contribution in [0.5, 0.6) is 5.75 Å². The number of benzene rings is 1. The Morgan fingerprint density at radius 1 is 1.45 bits per heavy atom. The highest BCUT2D eigenvalue weighted by molar-refractivity contribution is 9.10. The molecule has 20 heavy (non-hydrogen) atoms. The van der Waals surface area contributed by atoms with Crippen molar-refractivity contribution < 1.29 is 9.53 Å². The van der Waals surface area contributed by atoms with Crippen LogP contribution in [0, 0.1) is 6.92 Å². The second-order valence-electron chi connectivity index (χ2n) is 5.40. The van der Waals surface area contributed by atoms with E-state index < -0.39 is 0 Å². The predicted molar refractivity (Wildman–Crippen MR) is 81.7 cm³/mol. The molecule has 0 saturated carbocycles. The first kappa shape index (κ1) is 14.2. The van der Waals surface area contributed by atoms with Gasteiger partial charge in [0.1, 0.15) is 6.61 Å². The zero-order valence-electron chi connectivity index (χ0n) is 11.4. The summed E-state index contributed by atoms with van der Waals surface area (Å²) in [6.45, 7) is 4.85. The smallest absolute Gasteiger partial charge is 0.258 e.